The van der Waals surface area contributed by atoms with Gasteiger partial charge in [-0.15, -0.1) is 0 Å². The molecule has 2 fully saturated rings. The monoisotopic (exact) mass is 307 g/mol. The molecular weight excluding hydrogens is 290 g/mol. The second kappa shape index (κ2) is 5.68. The van der Waals surface area contributed by atoms with Crippen LogP contribution in [0.2, 0.25) is 5.02 Å². The van der Waals surface area contributed by atoms with Gasteiger partial charge in [-0.25, -0.2) is 0 Å². The number of halogens is 1. The van der Waals surface area contributed by atoms with Crippen LogP contribution < -0.4 is 5.32 Å². The first-order valence-electron chi connectivity index (χ1n) is 7.34. The smallest absolute Gasteiger partial charge is 0.305 e. The number of aliphatic carboxylic acids is 1. The van der Waals surface area contributed by atoms with Crippen molar-refractivity contribution in [2.45, 2.75) is 31.7 Å². The number of carbonyl (C=O) groups is 2. The van der Waals surface area contributed by atoms with E-state index < -0.39 is 12.0 Å². The van der Waals surface area contributed by atoms with E-state index in [-0.39, 0.29) is 18.2 Å². The molecule has 2 saturated carbocycles. The number of rotatable bonds is 5. The Hall–Kier alpha value is -1.55. The van der Waals surface area contributed by atoms with Gasteiger partial charge in [-0.2, -0.15) is 0 Å². The highest BCUT2D eigenvalue weighted by Gasteiger charge is 2.56. The zero-order chi connectivity index (χ0) is 15.0. The predicted molar refractivity (Wildman–Crippen MR) is 78.9 cm³/mol. The first-order valence-corrected chi connectivity index (χ1v) is 7.71. The fraction of sp³-hybridized carbons (Fsp3) is 0.500. The Labute approximate surface area is 128 Å². The summed E-state index contributed by atoms with van der Waals surface area (Å²) in [5, 5.41) is 12.5. The molecule has 5 heteroatoms. The van der Waals surface area contributed by atoms with Gasteiger partial charge in [0.15, 0.2) is 0 Å². The summed E-state index contributed by atoms with van der Waals surface area (Å²) in [7, 11) is 0. The van der Waals surface area contributed by atoms with E-state index in [4.69, 9.17) is 16.7 Å². The van der Waals surface area contributed by atoms with E-state index in [2.05, 4.69) is 5.32 Å². The molecule has 1 amide bonds. The average Bonchev–Trinajstić information content (AvgIpc) is 2.91. The van der Waals surface area contributed by atoms with Gasteiger partial charge in [0.25, 0.3) is 0 Å². The van der Waals surface area contributed by atoms with Crippen LogP contribution in [0.5, 0.6) is 0 Å². The first-order chi connectivity index (χ1) is 10.1. The Bertz CT molecular complexity index is 564. The molecule has 0 aromatic heterocycles. The van der Waals surface area contributed by atoms with E-state index in [1.165, 1.54) is 6.42 Å². The fourth-order valence-corrected chi connectivity index (χ4v) is 3.83. The summed E-state index contributed by atoms with van der Waals surface area (Å²) in [6.07, 6.45) is 3.34. The van der Waals surface area contributed by atoms with E-state index in [0.29, 0.717) is 16.9 Å². The second-order valence-corrected chi connectivity index (χ2v) is 6.43. The van der Waals surface area contributed by atoms with Gasteiger partial charge in [0.2, 0.25) is 5.91 Å². The predicted octanol–water partition coefficient (Wildman–Crippen LogP) is 3.02. The number of benzene rings is 1. The van der Waals surface area contributed by atoms with Gasteiger partial charge in [0.05, 0.1) is 12.5 Å². The molecule has 3 rings (SSSR count). The average molecular weight is 308 g/mol. The van der Waals surface area contributed by atoms with Crippen molar-refractivity contribution in [3.8, 4) is 0 Å². The molecule has 2 N–H and O–H groups in total. The Morgan fingerprint density at radius 1 is 1.33 bits per heavy atom. The maximum Gasteiger partial charge on any atom is 0.305 e. The molecule has 0 heterocycles. The van der Waals surface area contributed by atoms with Crippen molar-refractivity contribution in [1.29, 1.82) is 0 Å². The second-order valence-electron chi connectivity index (χ2n) is 6.00. The number of nitrogens with one attached hydrogen (secondary N) is 1. The number of carbonyl (C=O) groups excluding carboxylic acids is 1. The van der Waals surface area contributed by atoms with Gasteiger partial charge in [-0.3, -0.25) is 9.59 Å². The highest BCUT2D eigenvalue weighted by atomic mass is 35.5. The highest BCUT2D eigenvalue weighted by Crippen LogP contribution is 2.57. The zero-order valence-corrected chi connectivity index (χ0v) is 12.3. The molecular formula is C16H18ClNO3. The molecule has 3 atom stereocenters. The molecule has 3 unspecified atom stereocenters. The summed E-state index contributed by atoms with van der Waals surface area (Å²) in [6, 6.07) is 6.49. The maximum atomic E-state index is 12.3. The van der Waals surface area contributed by atoms with Crippen LogP contribution in [0.15, 0.2) is 24.3 Å². The van der Waals surface area contributed by atoms with Crippen molar-refractivity contribution >= 4 is 23.5 Å². The Morgan fingerprint density at radius 2 is 2.05 bits per heavy atom. The standard InChI is InChI=1S/C16H18ClNO3/c17-10-4-1-3-9(7-10)13(8-14(19)20)18-16(21)15-11-5-2-6-12(11)15/h1,3-4,7,11-13,15H,2,5-6,8H2,(H,18,21)(H,19,20). The van der Waals surface area contributed by atoms with Gasteiger partial charge >= 0.3 is 5.97 Å². The van der Waals surface area contributed by atoms with Crippen molar-refractivity contribution in [2.24, 2.45) is 17.8 Å². The van der Waals surface area contributed by atoms with Crippen molar-refractivity contribution in [3.05, 3.63) is 34.9 Å². The molecule has 2 aliphatic carbocycles. The summed E-state index contributed by atoms with van der Waals surface area (Å²) < 4.78 is 0. The van der Waals surface area contributed by atoms with Crippen molar-refractivity contribution < 1.29 is 14.7 Å². The van der Waals surface area contributed by atoms with Crippen LogP contribution in [-0.4, -0.2) is 17.0 Å². The fourth-order valence-electron chi connectivity index (χ4n) is 3.63. The molecule has 2 aliphatic rings. The summed E-state index contributed by atoms with van der Waals surface area (Å²) in [5.74, 6) is 0.200. The topological polar surface area (TPSA) is 66.4 Å². The number of amides is 1. The first kappa shape index (κ1) is 14.4. The number of hydrogen-bond acceptors (Lipinski definition) is 2. The summed E-state index contributed by atoms with van der Waals surface area (Å²) in [4.78, 5) is 23.4. The van der Waals surface area contributed by atoms with Crippen LogP contribution in [0.1, 0.15) is 37.3 Å². The normalized spacial score (nSPS) is 27.8. The summed E-state index contributed by atoms with van der Waals surface area (Å²) in [6.45, 7) is 0. The van der Waals surface area contributed by atoms with E-state index in [1.54, 1.807) is 24.3 Å². The minimum absolute atomic E-state index is 0.00377. The van der Waals surface area contributed by atoms with Crippen molar-refractivity contribution in [2.75, 3.05) is 0 Å². The summed E-state index contributed by atoms with van der Waals surface area (Å²) in [5.41, 5.74) is 0.740. The Kier molecular flexibility index (Phi) is 3.89. The minimum Gasteiger partial charge on any atom is -0.481 e. The van der Waals surface area contributed by atoms with Gasteiger partial charge in [-0.05, 0) is 42.4 Å². The van der Waals surface area contributed by atoms with Gasteiger partial charge in [-0.1, -0.05) is 30.2 Å². The highest BCUT2D eigenvalue weighted by molar-refractivity contribution is 6.30. The molecule has 0 spiro atoms. The lowest BCUT2D eigenvalue weighted by Crippen LogP contribution is -2.32. The van der Waals surface area contributed by atoms with Crippen LogP contribution in [0.4, 0.5) is 0 Å². The van der Waals surface area contributed by atoms with E-state index in [9.17, 15) is 9.59 Å². The lowest BCUT2D eigenvalue weighted by Gasteiger charge is -2.18. The third-order valence-corrected chi connectivity index (χ3v) is 4.89. The Balaban J connectivity index is 1.70. The molecule has 0 radical (unpaired) electrons. The molecule has 1 aromatic rings. The van der Waals surface area contributed by atoms with Crippen LogP contribution >= 0.6 is 11.6 Å². The van der Waals surface area contributed by atoms with E-state index in [0.717, 1.165) is 18.4 Å². The van der Waals surface area contributed by atoms with Crippen LogP contribution in [0.3, 0.4) is 0 Å². The Morgan fingerprint density at radius 3 is 2.67 bits per heavy atom. The number of hydrogen-bond donors (Lipinski definition) is 2. The van der Waals surface area contributed by atoms with Gasteiger partial charge in [0.1, 0.15) is 0 Å². The van der Waals surface area contributed by atoms with E-state index >= 15 is 0 Å². The molecule has 4 nitrogen and oxygen atoms in total. The number of fused-ring (bicyclic) bond motifs is 1. The van der Waals surface area contributed by atoms with Crippen LogP contribution in [-0.2, 0) is 9.59 Å². The van der Waals surface area contributed by atoms with Crippen LogP contribution in [0.25, 0.3) is 0 Å². The molecule has 1 aromatic carbocycles. The zero-order valence-electron chi connectivity index (χ0n) is 11.6. The largest absolute Gasteiger partial charge is 0.481 e. The summed E-state index contributed by atoms with van der Waals surface area (Å²) >= 11 is 5.95. The van der Waals surface area contributed by atoms with E-state index in [1.807, 2.05) is 0 Å². The molecule has 0 bridgehead atoms. The quantitative estimate of drug-likeness (QED) is 0.878. The third-order valence-electron chi connectivity index (χ3n) is 4.66. The number of carboxylic acid groups (broad SMARTS) is 1. The van der Waals surface area contributed by atoms with Gasteiger partial charge in [0, 0.05) is 10.9 Å². The minimum atomic E-state index is -0.934. The SMILES string of the molecule is O=C(O)CC(NC(=O)C1C2CCCC21)c1cccc(Cl)c1. The van der Waals surface area contributed by atoms with Crippen molar-refractivity contribution in [3.63, 3.8) is 0 Å². The lowest BCUT2D eigenvalue weighted by molar-refractivity contribution is -0.137. The maximum absolute atomic E-state index is 12.3. The van der Waals surface area contributed by atoms with Crippen LogP contribution in [0, 0.1) is 17.8 Å². The molecule has 0 aliphatic heterocycles. The third kappa shape index (κ3) is 3.05. The molecule has 21 heavy (non-hydrogen) atoms. The van der Waals surface area contributed by atoms with Gasteiger partial charge < -0.3 is 10.4 Å². The lowest BCUT2D eigenvalue weighted by atomic mass is 10.0. The number of carboxylic acids is 1. The van der Waals surface area contributed by atoms with Crippen molar-refractivity contribution in [1.82, 2.24) is 5.32 Å². The molecule has 112 valence electrons. The molecule has 0 saturated heterocycles.